The fourth-order valence-electron chi connectivity index (χ4n) is 4.35. The van der Waals surface area contributed by atoms with Crippen LogP contribution in [0.3, 0.4) is 0 Å². The molecule has 1 atom stereocenters. The molecule has 210 valence electrons. The van der Waals surface area contributed by atoms with Gasteiger partial charge in [-0.3, -0.25) is 9.59 Å². The highest BCUT2D eigenvalue weighted by Gasteiger charge is 2.39. The van der Waals surface area contributed by atoms with Gasteiger partial charge in [0.25, 0.3) is 5.91 Å². The second-order valence-electron chi connectivity index (χ2n) is 9.36. The van der Waals surface area contributed by atoms with Crippen LogP contribution in [-0.4, -0.2) is 55.8 Å². The molecule has 2 amide bonds. The molecule has 0 aliphatic heterocycles. The lowest BCUT2D eigenvalue weighted by Gasteiger charge is -2.33. The van der Waals surface area contributed by atoms with Crippen molar-refractivity contribution in [3.8, 4) is 5.88 Å². The smallest absolute Gasteiger partial charge is 0.389 e. The second kappa shape index (κ2) is 11.5. The van der Waals surface area contributed by atoms with Crippen molar-refractivity contribution >= 4 is 17.5 Å². The molecule has 0 unspecified atom stereocenters. The van der Waals surface area contributed by atoms with E-state index in [-0.39, 0.29) is 49.6 Å². The lowest BCUT2D eigenvalue weighted by molar-refractivity contribution is -0.144. The molecule has 15 heteroatoms. The summed E-state index contributed by atoms with van der Waals surface area (Å²) >= 11 is 0. The third-order valence-electron chi connectivity index (χ3n) is 6.46. The van der Waals surface area contributed by atoms with Crippen LogP contribution in [-0.2, 0) is 11.3 Å². The zero-order chi connectivity index (χ0) is 28.2. The number of nitrogens with one attached hydrogen (secondary N) is 2. The van der Waals surface area contributed by atoms with E-state index in [2.05, 4.69) is 30.9 Å². The van der Waals surface area contributed by atoms with Gasteiger partial charge in [0.15, 0.2) is 5.65 Å². The normalized spacial score (nSPS) is 16.6. The highest BCUT2D eigenvalue weighted by molar-refractivity contribution is 5.94. The van der Waals surface area contributed by atoms with Gasteiger partial charge in [-0.15, -0.1) is 5.10 Å². The first kappa shape index (κ1) is 28.1. The van der Waals surface area contributed by atoms with Gasteiger partial charge in [0.1, 0.15) is 0 Å². The first-order valence-corrected chi connectivity index (χ1v) is 12.2. The molecule has 4 rings (SSSR count). The van der Waals surface area contributed by atoms with Gasteiger partial charge in [-0.2, -0.15) is 23.4 Å². The van der Waals surface area contributed by atoms with Crippen molar-refractivity contribution in [1.29, 1.82) is 0 Å². The van der Waals surface area contributed by atoms with Crippen molar-refractivity contribution in [3.05, 3.63) is 47.5 Å². The predicted molar refractivity (Wildman–Crippen MR) is 126 cm³/mol. The van der Waals surface area contributed by atoms with Crippen molar-refractivity contribution in [2.45, 2.75) is 63.2 Å². The van der Waals surface area contributed by atoms with E-state index in [1.807, 2.05) is 0 Å². The van der Waals surface area contributed by atoms with Crippen LogP contribution in [0.15, 0.2) is 30.7 Å². The number of alkyl halides is 5. The maximum absolute atomic E-state index is 13.9. The van der Waals surface area contributed by atoms with Crippen LogP contribution in [0.25, 0.3) is 5.65 Å². The third-order valence-corrected chi connectivity index (χ3v) is 6.46. The monoisotopic (exact) mass is 555 g/mol. The summed E-state index contributed by atoms with van der Waals surface area (Å²) in [5, 5.41) is 17.0. The molecule has 1 saturated carbocycles. The van der Waals surface area contributed by atoms with Crippen LogP contribution in [0, 0.1) is 5.92 Å². The van der Waals surface area contributed by atoms with Gasteiger partial charge < -0.3 is 15.4 Å². The van der Waals surface area contributed by atoms with E-state index in [4.69, 9.17) is 4.74 Å². The minimum Gasteiger partial charge on any atom is -0.480 e. The first-order valence-electron chi connectivity index (χ1n) is 12.2. The minimum absolute atomic E-state index is 0.0584. The largest absolute Gasteiger partial charge is 0.480 e. The van der Waals surface area contributed by atoms with E-state index >= 15 is 0 Å². The Labute approximate surface area is 219 Å². The van der Waals surface area contributed by atoms with E-state index in [1.54, 1.807) is 12.3 Å². The summed E-state index contributed by atoms with van der Waals surface area (Å²) in [5.74, 6) is -4.24. The van der Waals surface area contributed by atoms with Crippen molar-refractivity contribution < 1.29 is 36.3 Å². The molecule has 1 aliphatic rings. The molecule has 3 aromatic heterocycles. The Balaban J connectivity index is 1.53. The van der Waals surface area contributed by atoms with Crippen molar-refractivity contribution in [2.75, 3.05) is 7.11 Å². The summed E-state index contributed by atoms with van der Waals surface area (Å²) in [5.41, 5.74) is 1.40. The molecule has 3 aromatic rings. The van der Waals surface area contributed by atoms with Crippen LogP contribution >= 0.6 is 0 Å². The molecule has 10 nitrogen and oxygen atoms in total. The zero-order valence-corrected chi connectivity index (χ0v) is 20.8. The number of imidazole rings is 1. The Hall–Kier alpha value is -3.91. The number of fused-ring (bicyclic) bond motifs is 1. The molecule has 0 aromatic carbocycles. The van der Waals surface area contributed by atoms with Crippen molar-refractivity contribution in [2.24, 2.45) is 5.92 Å². The lowest BCUT2D eigenvalue weighted by Crippen LogP contribution is -2.37. The molecule has 39 heavy (non-hydrogen) atoms. The fraction of sp³-hybridized carbons (Fsp3) is 0.500. The average molecular weight is 556 g/mol. The molecule has 0 saturated heterocycles. The van der Waals surface area contributed by atoms with Crippen LogP contribution in [0.5, 0.6) is 5.88 Å². The summed E-state index contributed by atoms with van der Waals surface area (Å²) in [6.07, 6.45) is -2.41. The number of nitrogens with zero attached hydrogens (tertiary/aromatic N) is 5. The summed E-state index contributed by atoms with van der Waals surface area (Å²) in [4.78, 5) is 29.3. The number of halogens is 5. The number of methoxy groups -OCH3 is 1. The molecular formula is C24H26F5N7O3. The van der Waals surface area contributed by atoms with E-state index < -0.39 is 42.8 Å². The van der Waals surface area contributed by atoms with E-state index in [0.717, 1.165) is 0 Å². The molecule has 1 fully saturated rings. The first-order chi connectivity index (χ1) is 18.4. The lowest BCUT2D eigenvalue weighted by atomic mass is 9.81. The maximum atomic E-state index is 13.9. The number of rotatable bonds is 9. The molecule has 0 spiro atoms. The van der Waals surface area contributed by atoms with Gasteiger partial charge in [0.2, 0.25) is 17.7 Å². The maximum Gasteiger partial charge on any atom is 0.389 e. The predicted octanol–water partition coefficient (Wildman–Crippen LogP) is 3.78. The number of aromatic nitrogens is 5. The van der Waals surface area contributed by atoms with Gasteiger partial charge >= 0.3 is 6.18 Å². The summed E-state index contributed by atoms with van der Waals surface area (Å²) < 4.78 is 71.2. The number of amides is 2. The van der Waals surface area contributed by atoms with Crippen LogP contribution in [0.4, 0.5) is 22.0 Å². The SMILES string of the molecule is COc1cc(C(=O)N[C@H](c2cn3ncc(CNC(=O)CCC(F)(F)F)cc3n2)C2CCC(F)(F)CC2)cnn1. The molecule has 0 bridgehead atoms. The van der Waals surface area contributed by atoms with Gasteiger partial charge in [0.05, 0.1) is 49.4 Å². The number of hydrogen-bond donors (Lipinski definition) is 2. The topological polar surface area (TPSA) is 123 Å². The number of carbonyl (C=O) groups is 2. The molecule has 0 radical (unpaired) electrons. The number of hydrogen-bond acceptors (Lipinski definition) is 7. The average Bonchev–Trinajstić information content (AvgIpc) is 3.32. The Kier molecular flexibility index (Phi) is 8.25. The molecular weight excluding hydrogens is 529 g/mol. The minimum atomic E-state index is -4.43. The van der Waals surface area contributed by atoms with Gasteiger partial charge in [-0.1, -0.05) is 0 Å². The van der Waals surface area contributed by atoms with Crippen molar-refractivity contribution in [1.82, 2.24) is 35.4 Å². The van der Waals surface area contributed by atoms with E-state index in [1.165, 1.54) is 30.1 Å². The highest BCUT2D eigenvalue weighted by Crippen LogP contribution is 2.41. The van der Waals surface area contributed by atoms with E-state index in [0.29, 0.717) is 16.9 Å². The zero-order valence-electron chi connectivity index (χ0n) is 20.8. The van der Waals surface area contributed by atoms with Crippen molar-refractivity contribution in [3.63, 3.8) is 0 Å². The highest BCUT2D eigenvalue weighted by atomic mass is 19.4. The van der Waals surface area contributed by atoms with Crippen LogP contribution in [0.2, 0.25) is 0 Å². The number of carbonyl (C=O) groups excluding carboxylic acids is 2. The van der Waals surface area contributed by atoms with Gasteiger partial charge in [-0.05, 0) is 30.4 Å². The Morgan fingerprint density at radius 1 is 1.21 bits per heavy atom. The third kappa shape index (κ3) is 7.57. The summed E-state index contributed by atoms with van der Waals surface area (Å²) in [7, 11) is 1.38. The Morgan fingerprint density at radius 2 is 1.95 bits per heavy atom. The quantitative estimate of drug-likeness (QED) is 0.385. The Morgan fingerprint density at radius 3 is 2.64 bits per heavy atom. The van der Waals surface area contributed by atoms with E-state index in [9.17, 15) is 31.5 Å². The number of ether oxygens (including phenoxy) is 1. The second-order valence-corrected chi connectivity index (χ2v) is 9.36. The van der Waals surface area contributed by atoms with Crippen LogP contribution < -0.4 is 15.4 Å². The fourth-order valence-corrected chi connectivity index (χ4v) is 4.35. The van der Waals surface area contributed by atoms with Gasteiger partial charge in [0, 0.05) is 31.9 Å². The summed E-state index contributed by atoms with van der Waals surface area (Å²) in [6.45, 7) is -0.0584. The molecule has 1 aliphatic carbocycles. The summed E-state index contributed by atoms with van der Waals surface area (Å²) in [6, 6.07) is 2.26. The molecule has 2 N–H and O–H groups in total. The van der Waals surface area contributed by atoms with Gasteiger partial charge in [-0.25, -0.2) is 18.3 Å². The Bertz CT molecular complexity index is 1320. The molecule has 3 heterocycles. The van der Waals surface area contributed by atoms with Crippen LogP contribution in [0.1, 0.15) is 66.2 Å². The standard InChI is InChI=1S/C24H26F5N7O3/c1-39-20-9-16(12-31-35-20)22(38)34-21(15-2-5-23(25,26)6-3-15)17-13-36-18(33-17)8-14(11-32-36)10-30-19(37)4-7-24(27,28)29/h8-9,11-13,15,21H,2-7,10H2,1H3,(H,30,37)(H,34,38)/t21-/m0/s1.